The van der Waals surface area contributed by atoms with Crippen molar-refractivity contribution in [2.75, 3.05) is 13.6 Å². The second kappa shape index (κ2) is 7.26. The van der Waals surface area contributed by atoms with Gasteiger partial charge in [0.2, 0.25) is 0 Å². The molecular formula is C18H36N2. The van der Waals surface area contributed by atoms with E-state index in [0.717, 1.165) is 23.8 Å². The standard InChI is InChI=1S/C18H36N2/c1-5-15-6-8-16(9-7-15)20(4)12-17-14(3)10-13(2)11-18(17)19/h13-18H,5-12,19H2,1-4H3. The molecule has 2 fully saturated rings. The Bertz CT molecular complexity index is 271. The van der Waals surface area contributed by atoms with E-state index in [2.05, 4.69) is 32.7 Å². The van der Waals surface area contributed by atoms with Crippen LogP contribution in [0.25, 0.3) is 0 Å². The highest BCUT2D eigenvalue weighted by Gasteiger charge is 2.34. The quantitative estimate of drug-likeness (QED) is 0.846. The fraction of sp³-hybridized carbons (Fsp3) is 1.00. The van der Waals surface area contributed by atoms with E-state index >= 15 is 0 Å². The minimum Gasteiger partial charge on any atom is -0.327 e. The summed E-state index contributed by atoms with van der Waals surface area (Å²) in [6.07, 6.45) is 9.66. The molecule has 2 aliphatic rings. The summed E-state index contributed by atoms with van der Waals surface area (Å²) in [7, 11) is 2.34. The molecule has 0 aliphatic heterocycles. The number of hydrogen-bond acceptors (Lipinski definition) is 2. The van der Waals surface area contributed by atoms with Gasteiger partial charge >= 0.3 is 0 Å². The van der Waals surface area contributed by atoms with Crippen molar-refractivity contribution in [2.24, 2.45) is 29.4 Å². The minimum absolute atomic E-state index is 0.420. The van der Waals surface area contributed by atoms with Crippen LogP contribution in [0, 0.1) is 23.7 Å². The summed E-state index contributed by atoms with van der Waals surface area (Å²) in [5, 5.41) is 0. The van der Waals surface area contributed by atoms with Crippen molar-refractivity contribution in [3.63, 3.8) is 0 Å². The Kier molecular flexibility index (Phi) is 5.92. The van der Waals surface area contributed by atoms with Crippen LogP contribution in [0.3, 0.4) is 0 Å². The summed E-state index contributed by atoms with van der Waals surface area (Å²) < 4.78 is 0. The Morgan fingerprint density at radius 1 is 1.05 bits per heavy atom. The molecule has 0 aromatic carbocycles. The summed E-state index contributed by atoms with van der Waals surface area (Å²) in [5.74, 6) is 3.32. The molecule has 4 atom stereocenters. The van der Waals surface area contributed by atoms with Gasteiger partial charge in [-0.25, -0.2) is 0 Å². The summed E-state index contributed by atoms with van der Waals surface area (Å²) in [4.78, 5) is 2.64. The molecule has 0 aromatic rings. The van der Waals surface area contributed by atoms with Gasteiger partial charge in [0.1, 0.15) is 0 Å². The highest BCUT2D eigenvalue weighted by atomic mass is 15.1. The molecule has 0 spiro atoms. The van der Waals surface area contributed by atoms with Gasteiger partial charge < -0.3 is 10.6 Å². The molecule has 0 heterocycles. The summed E-state index contributed by atoms with van der Waals surface area (Å²) in [6, 6.07) is 1.24. The fourth-order valence-electron chi connectivity index (χ4n) is 4.76. The maximum atomic E-state index is 6.45. The third kappa shape index (κ3) is 3.98. The average Bonchev–Trinajstić information content (AvgIpc) is 2.42. The van der Waals surface area contributed by atoms with Crippen molar-refractivity contribution in [3.05, 3.63) is 0 Å². The van der Waals surface area contributed by atoms with Crippen LogP contribution in [0.1, 0.15) is 65.7 Å². The Hall–Kier alpha value is -0.0800. The number of rotatable bonds is 4. The van der Waals surface area contributed by atoms with Crippen LogP contribution in [-0.2, 0) is 0 Å². The van der Waals surface area contributed by atoms with Crippen LogP contribution in [0.4, 0.5) is 0 Å². The van der Waals surface area contributed by atoms with Gasteiger partial charge in [0.15, 0.2) is 0 Å². The van der Waals surface area contributed by atoms with Gasteiger partial charge in [-0.2, -0.15) is 0 Å². The van der Waals surface area contributed by atoms with Gasteiger partial charge in [0.25, 0.3) is 0 Å². The molecule has 0 radical (unpaired) electrons. The Labute approximate surface area is 126 Å². The number of nitrogens with zero attached hydrogens (tertiary/aromatic N) is 1. The molecule has 2 aliphatic carbocycles. The maximum absolute atomic E-state index is 6.45. The lowest BCUT2D eigenvalue weighted by atomic mass is 9.72. The number of hydrogen-bond donors (Lipinski definition) is 1. The largest absolute Gasteiger partial charge is 0.327 e. The van der Waals surface area contributed by atoms with Crippen molar-refractivity contribution < 1.29 is 0 Å². The van der Waals surface area contributed by atoms with Gasteiger partial charge in [-0.15, -0.1) is 0 Å². The van der Waals surface area contributed by atoms with Crippen molar-refractivity contribution in [1.82, 2.24) is 4.90 Å². The van der Waals surface area contributed by atoms with E-state index in [-0.39, 0.29) is 0 Å². The average molecular weight is 281 g/mol. The molecule has 4 unspecified atom stereocenters. The van der Waals surface area contributed by atoms with Crippen LogP contribution in [-0.4, -0.2) is 30.6 Å². The zero-order valence-corrected chi connectivity index (χ0v) is 14.1. The van der Waals surface area contributed by atoms with Crippen LogP contribution in [0.5, 0.6) is 0 Å². The molecule has 0 aromatic heterocycles. The topological polar surface area (TPSA) is 29.3 Å². The van der Waals surface area contributed by atoms with Gasteiger partial charge in [0, 0.05) is 18.6 Å². The first kappa shape index (κ1) is 16.3. The first-order chi connectivity index (χ1) is 9.51. The Morgan fingerprint density at radius 2 is 1.70 bits per heavy atom. The van der Waals surface area contributed by atoms with Crippen LogP contribution in [0.15, 0.2) is 0 Å². The van der Waals surface area contributed by atoms with Gasteiger partial charge in [-0.1, -0.05) is 27.2 Å². The lowest BCUT2D eigenvalue weighted by molar-refractivity contribution is 0.0891. The van der Waals surface area contributed by atoms with E-state index in [4.69, 9.17) is 5.73 Å². The molecule has 2 nitrogen and oxygen atoms in total. The Morgan fingerprint density at radius 3 is 2.25 bits per heavy atom. The second-order valence-corrected chi connectivity index (χ2v) is 7.90. The minimum atomic E-state index is 0.420. The Balaban J connectivity index is 1.83. The van der Waals surface area contributed by atoms with Gasteiger partial charge in [-0.3, -0.25) is 0 Å². The molecule has 2 rings (SSSR count). The van der Waals surface area contributed by atoms with Crippen LogP contribution >= 0.6 is 0 Å². The van der Waals surface area contributed by atoms with Crippen molar-refractivity contribution in [1.29, 1.82) is 0 Å². The normalized spacial score (nSPS) is 42.9. The number of nitrogens with two attached hydrogens (primary N) is 1. The van der Waals surface area contributed by atoms with E-state index in [0.29, 0.717) is 12.0 Å². The molecule has 0 amide bonds. The van der Waals surface area contributed by atoms with E-state index < -0.39 is 0 Å². The van der Waals surface area contributed by atoms with Crippen molar-refractivity contribution in [2.45, 2.75) is 77.8 Å². The maximum Gasteiger partial charge on any atom is 0.00925 e. The molecular weight excluding hydrogens is 244 g/mol. The van der Waals surface area contributed by atoms with E-state index in [1.165, 1.54) is 51.5 Å². The van der Waals surface area contributed by atoms with E-state index in [9.17, 15) is 0 Å². The van der Waals surface area contributed by atoms with Crippen LogP contribution in [0.2, 0.25) is 0 Å². The molecule has 118 valence electrons. The van der Waals surface area contributed by atoms with Crippen LogP contribution < -0.4 is 5.73 Å². The van der Waals surface area contributed by atoms with Crippen molar-refractivity contribution in [3.8, 4) is 0 Å². The lowest BCUT2D eigenvalue weighted by Crippen LogP contribution is -2.48. The van der Waals surface area contributed by atoms with Gasteiger partial charge in [-0.05, 0) is 69.2 Å². The lowest BCUT2D eigenvalue weighted by Gasteiger charge is -2.42. The van der Waals surface area contributed by atoms with E-state index in [1.54, 1.807) is 0 Å². The van der Waals surface area contributed by atoms with Gasteiger partial charge in [0.05, 0.1) is 0 Å². The molecule has 2 saturated carbocycles. The predicted molar refractivity (Wildman–Crippen MR) is 87.7 cm³/mol. The first-order valence-electron chi connectivity index (χ1n) is 8.97. The van der Waals surface area contributed by atoms with Crippen molar-refractivity contribution >= 4 is 0 Å². The molecule has 0 saturated heterocycles. The molecule has 0 bridgehead atoms. The third-order valence-corrected chi connectivity index (χ3v) is 6.25. The molecule has 20 heavy (non-hydrogen) atoms. The molecule has 2 N–H and O–H groups in total. The predicted octanol–water partition coefficient (Wildman–Crippen LogP) is 3.90. The molecule has 2 heteroatoms. The zero-order chi connectivity index (χ0) is 14.7. The summed E-state index contributed by atoms with van der Waals surface area (Å²) >= 11 is 0. The summed E-state index contributed by atoms with van der Waals surface area (Å²) in [5.41, 5.74) is 6.45. The van der Waals surface area contributed by atoms with E-state index in [1.807, 2.05) is 0 Å². The second-order valence-electron chi connectivity index (χ2n) is 7.90. The highest BCUT2D eigenvalue weighted by Crippen LogP contribution is 2.35. The fourth-order valence-corrected chi connectivity index (χ4v) is 4.76. The monoisotopic (exact) mass is 280 g/mol. The third-order valence-electron chi connectivity index (χ3n) is 6.25. The zero-order valence-electron chi connectivity index (χ0n) is 14.1. The summed E-state index contributed by atoms with van der Waals surface area (Å²) in [6.45, 7) is 8.35. The first-order valence-corrected chi connectivity index (χ1v) is 8.97. The SMILES string of the molecule is CCC1CCC(N(C)CC2C(C)CC(C)CC2N)CC1. The smallest absolute Gasteiger partial charge is 0.00925 e. The highest BCUT2D eigenvalue weighted by molar-refractivity contribution is 4.88.